The fraction of sp³-hybridized carbons (Fsp3) is 0.250. The van der Waals surface area contributed by atoms with E-state index >= 15 is 0 Å². The molecule has 1 aliphatic rings. The first kappa shape index (κ1) is 19.9. The minimum absolute atomic E-state index is 0.315. The van der Waals surface area contributed by atoms with Crippen LogP contribution in [0.15, 0.2) is 71.9 Å². The second kappa shape index (κ2) is 7.90. The van der Waals surface area contributed by atoms with E-state index in [4.69, 9.17) is 4.98 Å². The third kappa shape index (κ3) is 3.98. The number of aromatic nitrogens is 3. The van der Waals surface area contributed by atoms with Crippen molar-refractivity contribution in [3.8, 4) is 22.4 Å². The number of para-hydroxylation sites is 1. The van der Waals surface area contributed by atoms with E-state index in [9.17, 15) is 8.42 Å². The molecule has 1 fully saturated rings. The van der Waals surface area contributed by atoms with E-state index in [-0.39, 0.29) is 0 Å². The lowest BCUT2D eigenvalue weighted by Crippen LogP contribution is -2.29. The second-order valence-corrected chi connectivity index (χ2v) is 10.1. The maximum absolute atomic E-state index is 11.8. The lowest BCUT2D eigenvalue weighted by molar-refractivity contribution is 0.343. The number of piperidine rings is 1. The summed E-state index contributed by atoms with van der Waals surface area (Å²) in [6, 6.07) is 17.6. The van der Waals surface area contributed by atoms with Crippen LogP contribution in [0.25, 0.3) is 33.3 Å². The van der Waals surface area contributed by atoms with Crippen LogP contribution in [0, 0.1) is 0 Å². The molecule has 0 saturated carbocycles. The van der Waals surface area contributed by atoms with Gasteiger partial charge in [0.1, 0.15) is 0 Å². The van der Waals surface area contributed by atoms with Crippen molar-refractivity contribution < 1.29 is 8.42 Å². The topological polar surface area (TPSA) is 76.9 Å². The van der Waals surface area contributed by atoms with E-state index in [1.807, 2.05) is 42.6 Å². The number of pyridine rings is 1. The SMILES string of the molecule is CS(=O)(=O)c1ccc(-c2cccc3ccc(-c4cnn(C5CCNCC5)c4)nc23)cc1. The maximum Gasteiger partial charge on any atom is 0.175 e. The molecule has 5 rings (SSSR count). The molecule has 3 heterocycles. The van der Waals surface area contributed by atoms with Crippen molar-refractivity contribution >= 4 is 20.7 Å². The molecule has 6 nitrogen and oxygen atoms in total. The van der Waals surface area contributed by atoms with Crippen molar-refractivity contribution in [1.29, 1.82) is 0 Å². The summed E-state index contributed by atoms with van der Waals surface area (Å²) in [7, 11) is -3.22. The predicted molar refractivity (Wildman–Crippen MR) is 123 cm³/mol. The molecule has 0 radical (unpaired) electrons. The summed E-state index contributed by atoms with van der Waals surface area (Å²) in [5.74, 6) is 0. The number of fused-ring (bicyclic) bond motifs is 1. The van der Waals surface area contributed by atoms with Gasteiger partial charge < -0.3 is 5.32 Å². The molecule has 0 spiro atoms. The minimum atomic E-state index is -3.22. The molecular weight excluding hydrogens is 408 g/mol. The number of hydrogen-bond acceptors (Lipinski definition) is 5. The first-order valence-electron chi connectivity index (χ1n) is 10.4. The summed E-state index contributed by atoms with van der Waals surface area (Å²) in [6.07, 6.45) is 7.37. The van der Waals surface area contributed by atoms with Gasteiger partial charge in [-0.25, -0.2) is 13.4 Å². The van der Waals surface area contributed by atoms with E-state index < -0.39 is 9.84 Å². The highest BCUT2D eigenvalue weighted by molar-refractivity contribution is 7.90. The lowest BCUT2D eigenvalue weighted by Gasteiger charge is -2.22. The zero-order valence-corrected chi connectivity index (χ0v) is 18.1. The van der Waals surface area contributed by atoms with Crippen LogP contribution in [-0.4, -0.2) is 42.5 Å². The number of hydrogen-bond donors (Lipinski definition) is 1. The summed E-state index contributed by atoms with van der Waals surface area (Å²) in [6.45, 7) is 2.05. The Labute approximate surface area is 181 Å². The number of benzene rings is 2. The average Bonchev–Trinajstić information content (AvgIpc) is 3.29. The molecule has 0 atom stereocenters. The van der Waals surface area contributed by atoms with Gasteiger partial charge in [-0.1, -0.05) is 36.4 Å². The summed E-state index contributed by atoms with van der Waals surface area (Å²) >= 11 is 0. The molecular formula is C24H24N4O2S. The largest absolute Gasteiger partial charge is 0.317 e. The van der Waals surface area contributed by atoms with Crippen LogP contribution in [0.3, 0.4) is 0 Å². The smallest absolute Gasteiger partial charge is 0.175 e. The van der Waals surface area contributed by atoms with Crippen LogP contribution in [-0.2, 0) is 9.84 Å². The van der Waals surface area contributed by atoms with E-state index in [1.54, 1.807) is 12.1 Å². The van der Waals surface area contributed by atoms with Crippen molar-refractivity contribution in [1.82, 2.24) is 20.1 Å². The third-order valence-electron chi connectivity index (χ3n) is 5.89. The highest BCUT2D eigenvalue weighted by Crippen LogP contribution is 2.31. The Balaban J connectivity index is 1.53. The van der Waals surface area contributed by atoms with Crippen molar-refractivity contribution in [3.63, 3.8) is 0 Å². The van der Waals surface area contributed by atoms with Crippen LogP contribution in [0.2, 0.25) is 0 Å². The number of rotatable bonds is 4. The Hall–Kier alpha value is -3.03. The summed E-state index contributed by atoms with van der Waals surface area (Å²) in [5.41, 5.74) is 4.69. The van der Waals surface area contributed by atoms with E-state index in [1.165, 1.54) is 6.26 Å². The minimum Gasteiger partial charge on any atom is -0.317 e. The molecule has 0 aliphatic carbocycles. The molecule has 0 unspecified atom stereocenters. The quantitative estimate of drug-likeness (QED) is 0.526. The predicted octanol–water partition coefficient (Wildman–Crippen LogP) is 4.09. The number of nitrogens with zero attached hydrogens (tertiary/aromatic N) is 3. The molecule has 1 aliphatic heterocycles. The van der Waals surface area contributed by atoms with E-state index in [0.29, 0.717) is 10.9 Å². The van der Waals surface area contributed by atoms with Gasteiger partial charge in [-0.2, -0.15) is 5.10 Å². The van der Waals surface area contributed by atoms with Crippen LogP contribution in [0.4, 0.5) is 0 Å². The fourth-order valence-electron chi connectivity index (χ4n) is 4.16. The summed E-state index contributed by atoms with van der Waals surface area (Å²) in [5, 5.41) is 9.03. The Bertz CT molecular complexity index is 1340. The molecule has 7 heteroatoms. The Morgan fingerprint density at radius 3 is 2.48 bits per heavy atom. The summed E-state index contributed by atoms with van der Waals surface area (Å²) in [4.78, 5) is 5.28. The second-order valence-electron chi connectivity index (χ2n) is 8.06. The summed E-state index contributed by atoms with van der Waals surface area (Å²) < 4.78 is 25.6. The van der Waals surface area contributed by atoms with E-state index in [2.05, 4.69) is 27.4 Å². The average molecular weight is 433 g/mol. The Morgan fingerprint density at radius 2 is 1.74 bits per heavy atom. The van der Waals surface area contributed by atoms with Crippen LogP contribution in [0.5, 0.6) is 0 Å². The van der Waals surface area contributed by atoms with Gasteiger partial charge in [0, 0.05) is 29.0 Å². The van der Waals surface area contributed by atoms with Gasteiger partial charge in [0.2, 0.25) is 0 Å². The fourth-order valence-corrected chi connectivity index (χ4v) is 4.79. The molecule has 31 heavy (non-hydrogen) atoms. The molecule has 2 aromatic carbocycles. The Kier molecular flexibility index (Phi) is 5.08. The van der Waals surface area contributed by atoms with Crippen molar-refractivity contribution in [2.24, 2.45) is 0 Å². The third-order valence-corrected chi connectivity index (χ3v) is 7.02. The molecule has 158 valence electrons. The zero-order chi connectivity index (χ0) is 21.4. The Morgan fingerprint density at radius 1 is 0.968 bits per heavy atom. The number of nitrogens with one attached hydrogen (secondary N) is 1. The zero-order valence-electron chi connectivity index (χ0n) is 17.3. The molecule has 4 aromatic rings. The van der Waals surface area contributed by atoms with Gasteiger partial charge in [0.05, 0.1) is 28.3 Å². The van der Waals surface area contributed by atoms with Gasteiger partial charge in [-0.05, 0) is 49.7 Å². The van der Waals surface area contributed by atoms with E-state index in [0.717, 1.165) is 59.2 Å². The highest BCUT2D eigenvalue weighted by atomic mass is 32.2. The van der Waals surface area contributed by atoms with Crippen molar-refractivity contribution in [2.45, 2.75) is 23.8 Å². The van der Waals surface area contributed by atoms with Gasteiger partial charge in [0.25, 0.3) is 0 Å². The lowest BCUT2D eigenvalue weighted by atomic mass is 10.0. The van der Waals surface area contributed by atoms with Crippen molar-refractivity contribution in [3.05, 3.63) is 67.0 Å². The monoisotopic (exact) mass is 432 g/mol. The first-order valence-corrected chi connectivity index (χ1v) is 12.3. The standard InChI is InChI=1S/C24H24N4O2S/c1-31(29,30)21-8-5-17(6-9-21)22-4-2-3-18-7-10-23(27-24(18)22)19-15-26-28(16-19)20-11-13-25-14-12-20/h2-10,15-16,20,25H,11-14H2,1H3. The first-order chi connectivity index (χ1) is 15.0. The molecule has 1 saturated heterocycles. The number of sulfone groups is 1. The van der Waals surface area contributed by atoms with Gasteiger partial charge in [-0.15, -0.1) is 0 Å². The molecule has 2 aromatic heterocycles. The van der Waals surface area contributed by atoms with Crippen LogP contribution >= 0.6 is 0 Å². The van der Waals surface area contributed by atoms with Gasteiger partial charge in [0.15, 0.2) is 9.84 Å². The highest BCUT2D eigenvalue weighted by Gasteiger charge is 2.17. The van der Waals surface area contributed by atoms with Gasteiger partial charge in [-0.3, -0.25) is 4.68 Å². The molecule has 0 amide bonds. The maximum atomic E-state index is 11.8. The molecule has 0 bridgehead atoms. The molecule has 1 N–H and O–H groups in total. The normalized spacial score (nSPS) is 15.4. The van der Waals surface area contributed by atoms with Gasteiger partial charge >= 0.3 is 0 Å². The van der Waals surface area contributed by atoms with Crippen molar-refractivity contribution in [2.75, 3.05) is 19.3 Å². The van der Waals surface area contributed by atoms with Crippen LogP contribution in [0.1, 0.15) is 18.9 Å². The van der Waals surface area contributed by atoms with Crippen LogP contribution < -0.4 is 5.32 Å².